The second-order valence-corrected chi connectivity index (χ2v) is 6.74. The van der Waals surface area contributed by atoms with Gasteiger partial charge in [-0.15, -0.1) is 29.6 Å². The van der Waals surface area contributed by atoms with Gasteiger partial charge in [0.1, 0.15) is 5.75 Å². The molecule has 0 saturated carbocycles. The number of aromatic nitrogens is 3. The molecule has 0 fully saturated rings. The molecule has 6 nitrogen and oxygen atoms in total. The number of H-pyrrole nitrogens is 1. The van der Waals surface area contributed by atoms with Crippen molar-refractivity contribution in [3.05, 3.63) is 41.8 Å². The Morgan fingerprint density at radius 3 is 2.69 bits per heavy atom. The molecular formula is C15H11F3N4O2S2. The maximum Gasteiger partial charge on any atom is 0.573 e. The number of thiophene rings is 1. The molecule has 0 aliphatic rings. The van der Waals surface area contributed by atoms with Gasteiger partial charge in [-0.3, -0.25) is 9.89 Å². The molecule has 0 aliphatic heterocycles. The van der Waals surface area contributed by atoms with Gasteiger partial charge in [-0.05, 0) is 35.7 Å². The number of hydrogen-bond acceptors (Lipinski definition) is 6. The van der Waals surface area contributed by atoms with Crippen LogP contribution >= 0.6 is 23.1 Å². The summed E-state index contributed by atoms with van der Waals surface area (Å²) >= 11 is 2.66. The van der Waals surface area contributed by atoms with Gasteiger partial charge in [-0.2, -0.15) is 0 Å². The summed E-state index contributed by atoms with van der Waals surface area (Å²) in [5.41, 5.74) is 0.361. The summed E-state index contributed by atoms with van der Waals surface area (Å²) in [6, 6.07) is 8.70. The van der Waals surface area contributed by atoms with Crippen LogP contribution in [0.1, 0.15) is 0 Å². The summed E-state index contributed by atoms with van der Waals surface area (Å²) in [7, 11) is 0. The predicted molar refractivity (Wildman–Crippen MR) is 92.2 cm³/mol. The first kappa shape index (κ1) is 18.3. The number of nitrogens with one attached hydrogen (secondary N) is 2. The Hall–Kier alpha value is -2.53. The molecule has 2 N–H and O–H groups in total. The van der Waals surface area contributed by atoms with E-state index in [0.29, 0.717) is 16.7 Å². The fourth-order valence-electron chi connectivity index (χ4n) is 1.90. The van der Waals surface area contributed by atoms with Gasteiger partial charge in [-0.1, -0.05) is 17.8 Å². The molecule has 11 heteroatoms. The third-order valence-corrected chi connectivity index (χ3v) is 4.65. The first-order valence-electron chi connectivity index (χ1n) is 7.14. The van der Waals surface area contributed by atoms with Crippen LogP contribution < -0.4 is 10.1 Å². The molecule has 1 amide bonds. The highest BCUT2D eigenvalue weighted by molar-refractivity contribution is 7.99. The van der Waals surface area contributed by atoms with Crippen molar-refractivity contribution in [2.75, 3.05) is 11.1 Å². The number of nitrogens with zero attached hydrogens (tertiary/aromatic N) is 2. The maximum atomic E-state index is 12.1. The second-order valence-electron chi connectivity index (χ2n) is 4.85. The molecule has 0 atom stereocenters. The summed E-state index contributed by atoms with van der Waals surface area (Å²) < 4.78 is 40.1. The lowest BCUT2D eigenvalue weighted by Gasteiger charge is -2.09. The smallest absolute Gasteiger partial charge is 0.406 e. The van der Waals surface area contributed by atoms with Crippen molar-refractivity contribution in [3.63, 3.8) is 0 Å². The first-order valence-corrected chi connectivity index (χ1v) is 9.00. The zero-order valence-corrected chi connectivity index (χ0v) is 14.5. The molecule has 0 aliphatic carbocycles. The highest BCUT2D eigenvalue weighted by Crippen LogP contribution is 2.25. The number of anilines is 1. The van der Waals surface area contributed by atoms with Crippen molar-refractivity contribution >= 4 is 34.7 Å². The standard InChI is InChI=1S/C15H11F3N4O2S2/c16-15(17,18)24-10-5-3-9(4-6-10)19-12(23)8-26-14-20-13(21-22-14)11-2-1-7-25-11/h1-7H,8H2,(H,19,23)(H,20,21,22). The average Bonchev–Trinajstić information content (AvgIpc) is 3.24. The van der Waals surface area contributed by atoms with E-state index in [2.05, 4.69) is 25.2 Å². The zero-order chi connectivity index (χ0) is 18.6. The number of ether oxygens (including phenoxy) is 1. The lowest BCUT2D eigenvalue weighted by atomic mass is 10.3. The molecule has 3 aromatic rings. The third-order valence-electron chi connectivity index (χ3n) is 2.92. The Morgan fingerprint density at radius 2 is 2.04 bits per heavy atom. The van der Waals surface area contributed by atoms with E-state index >= 15 is 0 Å². The van der Waals surface area contributed by atoms with Crippen LogP contribution in [0.25, 0.3) is 10.7 Å². The average molecular weight is 400 g/mol. The molecule has 0 bridgehead atoms. The van der Waals surface area contributed by atoms with Crippen molar-refractivity contribution in [3.8, 4) is 16.5 Å². The molecule has 1 aromatic carbocycles. The van der Waals surface area contributed by atoms with Gasteiger partial charge < -0.3 is 10.1 Å². The molecular weight excluding hydrogens is 389 g/mol. The first-order chi connectivity index (χ1) is 12.4. The number of hydrogen-bond donors (Lipinski definition) is 2. The lowest BCUT2D eigenvalue weighted by Crippen LogP contribution is -2.17. The molecule has 26 heavy (non-hydrogen) atoms. The predicted octanol–water partition coefficient (Wildman–Crippen LogP) is 4.16. The number of rotatable bonds is 6. The van der Waals surface area contributed by atoms with E-state index in [-0.39, 0.29) is 17.4 Å². The van der Waals surface area contributed by atoms with Crippen molar-refractivity contribution in [2.24, 2.45) is 0 Å². The third kappa shape index (κ3) is 5.23. The Balaban J connectivity index is 1.50. The largest absolute Gasteiger partial charge is 0.573 e. The second kappa shape index (κ2) is 7.79. The number of amides is 1. The molecule has 2 aromatic heterocycles. The van der Waals surface area contributed by atoms with E-state index in [1.54, 1.807) is 0 Å². The van der Waals surface area contributed by atoms with Crippen molar-refractivity contribution in [2.45, 2.75) is 11.5 Å². The molecule has 136 valence electrons. The minimum Gasteiger partial charge on any atom is -0.406 e. The SMILES string of the molecule is O=C(CSc1n[nH]c(-c2cccs2)n1)Nc1ccc(OC(F)(F)F)cc1. The van der Waals surface area contributed by atoms with E-state index in [4.69, 9.17) is 0 Å². The van der Waals surface area contributed by atoms with E-state index in [9.17, 15) is 18.0 Å². The minimum atomic E-state index is -4.75. The van der Waals surface area contributed by atoms with Gasteiger partial charge in [0.2, 0.25) is 11.1 Å². The van der Waals surface area contributed by atoms with Crippen LogP contribution in [0.4, 0.5) is 18.9 Å². The number of carbonyl (C=O) groups is 1. The Bertz CT molecular complexity index is 864. The van der Waals surface area contributed by atoms with Crippen LogP contribution in [-0.4, -0.2) is 33.2 Å². The van der Waals surface area contributed by atoms with E-state index in [1.807, 2.05) is 17.5 Å². The topological polar surface area (TPSA) is 79.9 Å². The highest BCUT2D eigenvalue weighted by Gasteiger charge is 2.30. The highest BCUT2D eigenvalue weighted by atomic mass is 32.2. The van der Waals surface area contributed by atoms with Crippen LogP contribution in [0.15, 0.2) is 46.9 Å². The molecule has 0 radical (unpaired) electrons. The Morgan fingerprint density at radius 1 is 1.27 bits per heavy atom. The van der Waals surface area contributed by atoms with Gasteiger partial charge >= 0.3 is 6.36 Å². The van der Waals surface area contributed by atoms with Gasteiger partial charge in [0.15, 0.2) is 5.82 Å². The quantitative estimate of drug-likeness (QED) is 0.608. The lowest BCUT2D eigenvalue weighted by molar-refractivity contribution is -0.274. The van der Waals surface area contributed by atoms with Gasteiger partial charge in [0.05, 0.1) is 10.6 Å². The van der Waals surface area contributed by atoms with E-state index in [1.165, 1.54) is 23.5 Å². The zero-order valence-electron chi connectivity index (χ0n) is 12.9. The number of benzene rings is 1. The van der Waals surface area contributed by atoms with Crippen molar-refractivity contribution < 1.29 is 22.7 Å². The van der Waals surface area contributed by atoms with Gasteiger partial charge in [0, 0.05) is 5.69 Å². The molecule has 0 saturated heterocycles. The van der Waals surface area contributed by atoms with Crippen molar-refractivity contribution in [1.82, 2.24) is 15.2 Å². The van der Waals surface area contributed by atoms with Crippen LogP contribution in [-0.2, 0) is 4.79 Å². The molecule has 3 rings (SSSR count). The van der Waals surface area contributed by atoms with Crippen LogP contribution in [0, 0.1) is 0 Å². The number of alkyl halides is 3. The number of carbonyl (C=O) groups excluding carboxylic acids is 1. The molecule has 0 unspecified atom stereocenters. The summed E-state index contributed by atoms with van der Waals surface area (Å²) in [4.78, 5) is 17.1. The van der Waals surface area contributed by atoms with Gasteiger partial charge in [0.25, 0.3) is 0 Å². The maximum absolute atomic E-state index is 12.1. The fraction of sp³-hybridized carbons (Fsp3) is 0.133. The van der Waals surface area contributed by atoms with Crippen LogP contribution in [0.3, 0.4) is 0 Å². The van der Waals surface area contributed by atoms with E-state index in [0.717, 1.165) is 28.8 Å². The Kier molecular flexibility index (Phi) is 5.47. The van der Waals surface area contributed by atoms with Crippen LogP contribution in [0.2, 0.25) is 0 Å². The monoisotopic (exact) mass is 400 g/mol. The van der Waals surface area contributed by atoms with Crippen LogP contribution in [0.5, 0.6) is 5.75 Å². The summed E-state index contributed by atoms with van der Waals surface area (Å²) in [6.07, 6.45) is -4.75. The minimum absolute atomic E-state index is 0.0581. The van der Waals surface area contributed by atoms with Gasteiger partial charge in [-0.25, -0.2) is 4.98 Å². The number of halogens is 3. The summed E-state index contributed by atoms with van der Waals surface area (Å²) in [6.45, 7) is 0. The Labute approximate surface area is 153 Å². The molecule has 0 spiro atoms. The number of thioether (sulfide) groups is 1. The fourth-order valence-corrected chi connectivity index (χ4v) is 3.16. The normalized spacial score (nSPS) is 11.3. The number of aromatic amines is 1. The van der Waals surface area contributed by atoms with E-state index < -0.39 is 6.36 Å². The summed E-state index contributed by atoms with van der Waals surface area (Å²) in [5, 5.41) is 11.7. The summed E-state index contributed by atoms with van der Waals surface area (Å²) in [5.74, 6) is -0.000421. The molecule has 2 heterocycles. The van der Waals surface area contributed by atoms with Crippen molar-refractivity contribution in [1.29, 1.82) is 0 Å².